The van der Waals surface area contributed by atoms with Crippen LogP contribution in [-0.4, -0.2) is 8.94 Å². The van der Waals surface area contributed by atoms with Gasteiger partial charge in [0.25, 0.3) is 0 Å². The standard InChI is InChI=1S/C9H8ClN3OS/c10-7-4-2-1-3-6(7)5-13-9(14)12-8(11)15-13/h1-4H,5H2,(H2,11,12,14). The van der Waals surface area contributed by atoms with Crippen LogP contribution < -0.4 is 11.4 Å². The van der Waals surface area contributed by atoms with Crippen LogP contribution in [0.3, 0.4) is 0 Å². The minimum Gasteiger partial charge on any atom is -0.374 e. The third-order valence-electron chi connectivity index (χ3n) is 1.89. The van der Waals surface area contributed by atoms with Crippen LogP contribution in [0.5, 0.6) is 0 Å². The largest absolute Gasteiger partial charge is 0.374 e. The normalized spacial score (nSPS) is 10.5. The molecule has 2 aromatic rings. The molecule has 0 fully saturated rings. The highest BCUT2D eigenvalue weighted by Crippen LogP contribution is 2.16. The molecule has 15 heavy (non-hydrogen) atoms. The Morgan fingerprint density at radius 3 is 2.80 bits per heavy atom. The maximum absolute atomic E-state index is 11.3. The van der Waals surface area contributed by atoms with Gasteiger partial charge in [-0.3, -0.25) is 0 Å². The Hall–Kier alpha value is -1.33. The number of benzene rings is 1. The molecule has 0 spiro atoms. The number of nitrogen functional groups attached to an aromatic ring is 1. The zero-order valence-electron chi connectivity index (χ0n) is 7.68. The summed E-state index contributed by atoms with van der Waals surface area (Å²) in [7, 11) is 0. The van der Waals surface area contributed by atoms with Crippen molar-refractivity contribution in [3.8, 4) is 0 Å². The Bertz CT molecular complexity index is 534. The second-order valence-electron chi connectivity index (χ2n) is 2.95. The molecule has 1 heterocycles. The van der Waals surface area contributed by atoms with Crippen molar-refractivity contribution >= 4 is 28.3 Å². The third-order valence-corrected chi connectivity index (χ3v) is 3.05. The highest BCUT2D eigenvalue weighted by molar-refractivity contribution is 7.10. The molecule has 6 heteroatoms. The van der Waals surface area contributed by atoms with E-state index in [9.17, 15) is 4.79 Å². The van der Waals surface area contributed by atoms with Gasteiger partial charge in [0, 0.05) is 5.02 Å². The summed E-state index contributed by atoms with van der Waals surface area (Å²) in [6.45, 7) is 0.410. The van der Waals surface area contributed by atoms with Crippen LogP contribution in [0.2, 0.25) is 5.02 Å². The van der Waals surface area contributed by atoms with Gasteiger partial charge in [0.2, 0.25) is 5.13 Å². The lowest BCUT2D eigenvalue weighted by Gasteiger charge is -2.02. The van der Waals surface area contributed by atoms with Crippen molar-refractivity contribution in [1.82, 2.24) is 8.94 Å². The highest BCUT2D eigenvalue weighted by atomic mass is 35.5. The summed E-state index contributed by atoms with van der Waals surface area (Å²) < 4.78 is 1.47. The fraction of sp³-hybridized carbons (Fsp3) is 0.111. The molecule has 2 N–H and O–H groups in total. The lowest BCUT2D eigenvalue weighted by Crippen LogP contribution is -2.15. The van der Waals surface area contributed by atoms with Crippen LogP contribution in [0, 0.1) is 0 Å². The van der Waals surface area contributed by atoms with Crippen molar-refractivity contribution < 1.29 is 0 Å². The van der Waals surface area contributed by atoms with Gasteiger partial charge in [-0.15, -0.1) is 0 Å². The molecule has 4 nitrogen and oxygen atoms in total. The average Bonchev–Trinajstić information content (AvgIpc) is 2.49. The van der Waals surface area contributed by atoms with Gasteiger partial charge in [-0.2, -0.15) is 4.98 Å². The van der Waals surface area contributed by atoms with Gasteiger partial charge in [-0.05, 0) is 23.2 Å². The number of rotatable bonds is 2. The lowest BCUT2D eigenvalue weighted by molar-refractivity contribution is 0.823. The van der Waals surface area contributed by atoms with Crippen molar-refractivity contribution in [2.24, 2.45) is 0 Å². The summed E-state index contributed by atoms with van der Waals surface area (Å²) in [5.41, 5.74) is 5.97. The molecule has 0 unspecified atom stereocenters. The SMILES string of the molecule is Nc1nc(=O)n(Cc2ccccc2Cl)s1. The molecular weight excluding hydrogens is 234 g/mol. The Kier molecular flexibility index (Phi) is 2.75. The van der Waals surface area contributed by atoms with Crippen LogP contribution >= 0.6 is 23.1 Å². The first-order chi connectivity index (χ1) is 7.16. The minimum absolute atomic E-state index is 0.270. The minimum atomic E-state index is -0.336. The van der Waals surface area contributed by atoms with Crippen LogP contribution in [0.25, 0.3) is 0 Å². The summed E-state index contributed by atoms with van der Waals surface area (Å²) in [6, 6.07) is 7.36. The fourth-order valence-electron chi connectivity index (χ4n) is 1.20. The quantitative estimate of drug-likeness (QED) is 0.869. The van der Waals surface area contributed by atoms with Gasteiger partial charge in [0.1, 0.15) is 0 Å². The van der Waals surface area contributed by atoms with Crippen molar-refractivity contribution in [1.29, 1.82) is 0 Å². The van der Waals surface area contributed by atoms with E-state index in [0.717, 1.165) is 17.1 Å². The van der Waals surface area contributed by atoms with Crippen molar-refractivity contribution in [3.63, 3.8) is 0 Å². The van der Waals surface area contributed by atoms with E-state index in [1.54, 1.807) is 6.07 Å². The zero-order chi connectivity index (χ0) is 10.8. The average molecular weight is 242 g/mol. The molecule has 2 rings (SSSR count). The van der Waals surface area contributed by atoms with Crippen LogP contribution in [0.4, 0.5) is 5.13 Å². The van der Waals surface area contributed by atoms with Crippen LogP contribution in [-0.2, 0) is 6.54 Å². The molecular formula is C9H8ClN3OS. The predicted molar refractivity (Wildman–Crippen MR) is 61.3 cm³/mol. The van der Waals surface area contributed by atoms with Crippen molar-refractivity contribution in [2.75, 3.05) is 5.73 Å². The summed E-state index contributed by atoms with van der Waals surface area (Å²) in [5, 5.41) is 0.906. The highest BCUT2D eigenvalue weighted by Gasteiger charge is 2.05. The van der Waals surface area contributed by atoms with Crippen molar-refractivity contribution in [2.45, 2.75) is 6.54 Å². The summed E-state index contributed by atoms with van der Waals surface area (Å²) >= 11 is 7.10. The molecule has 0 saturated carbocycles. The zero-order valence-corrected chi connectivity index (χ0v) is 9.26. The van der Waals surface area contributed by atoms with E-state index in [1.165, 1.54) is 3.96 Å². The number of anilines is 1. The molecule has 0 bridgehead atoms. The Morgan fingerprint density at radius 1 is 1.47 bits per heavy atom. The Labute approximate surface area is 95.1 Å². The van der Waals surface area contributed by atoms with Gasteiger partial charge < -0.3 is 5.73 Å². The first kappa shape index (κ1) is 10.2. The molecule has 1 aromatic heterocycles. The fourth-order valence-corrected chi connectivity index (χ4v) is 2.07. The van der Waals surface area contributed by atoms with Crippen LogP contribution in [0.1, 0.15) is 5.56 Å². The lowest BCUT2D eigenvalue weighted by atomic mass is 10.2. The Morgan fingerprint density at radius 2 is 2.20 bits per heavy atom. The molecule has 0 amide bonds. The van der Waals surface area contributed by atoms with E-state index >= 15 is 0 Å². The first-order valence-electron chi connectivity index (χ1n) is 4.24. The molecule has 0 atom stereocenters. The third kappa shape index (κ3) is 2.19. The number of hydrogen-bond acceptors (Lipinski definition) is 4. The topological polar surface area (TPSA) is 60.9 Å². The van der Waals surface area contributed by atoms with Gasteiger partial charge in [0.05, 0.1) is 6.54 Å². The molecule has 0 aliphatic rings. The monoisotopic (exact) mass is 241 g/mol. The summed E-state index contributed by atoms with van der Waals surface area (Å²) in [4.78, 5) is 14.9. The van der Waals surface area contributed by atoms with Gasteiger partial charge in [-0.25, -0.2) is 8.75 Å². The van der Waals surface area contributed by atoms with E-state index in [2.05, 4.69) is 4.98 Å². The van der Waals surface area contributed by atoms with Crippen molar-refractivity contribution in [3.05, 3.63) is 45.3 Å². The van der Waals surface area contributed by atoms with E-state index in [4.69, 9.17) is 17.3 Å². The molecule has 0 aliphatic heterocycles. The number of aromatic nitrogens is 2. The van der Waals surface area contributed by atoms with Gasteiger partial charge >= 0.3 is 5.69 Å². The van der Waals surface area contributed by atoms with E-state index < -0.39 is 0 Å². The summed E-state index contributed by atoms with van der Waals surface area (Å²) in [5.74, 6) is 0. The molecule has 0 radical (unpaired) electrons. The van der Waals surface area contributed by atoms with E-state index in [-0.39, 0.29) is 10.8 Å². The molecule has 0 saturated heterocycles. The summed E-state index contributed by atoms with van der Waals surface area (Å²) in [6.07, 6.45) is 0. The van der Waals surface area contributed by atoms with Gasteiger partial charge in [0.15, 0.2) is 0 Å². The predicted octanol–water partition coefficient (Wildman–Crippen LogP) is 1.59. The first-order valence-corrected chi connectivity index (χ1v) is 5.39. The Balaban J connectivity index is 2.34. The second-order valence-corrected chi connectivity index (χ2v) is 4.40. The smallest absolute Gasteiger partial charge is 0.360 e. The second kappa shape index (κ2) is 4.04. The number of hydrogen-bond donors (Lipinski definition) is 1. The molecule has 78 valence electrons. The van der Waals surface area contributed by atoms with Crippen LogP contribution in [0.15, 0.2) is 29.1 Å². The number of halogens is 1. The number of nitrogens with two attached hydrogens (primary N) is 1. The maximum atomic E-state index is 11.3. The molecule has 1 aromatic carbocycles. The van der Waals surface area contributed by atoms with Gasteiger partial charge in [-0.1, -0.05) is 29.8 Å². The number of nitrogens with zero attached hydrogens (tertiary/aromatic N) is 2. The van der Waals surface area contributed by atoms with E-state index in [1.807, 2.05) is 18.2 Å². The maximum Gasteiger partial charge on any atom is 0.360 e. The van der Waals surface area contributed by atoms with E-state index in [0.29, 0.717) is 11.6 Å². The molecule has 0 aliphatic carbocycles.